The van der Waals surface area contributed by atoms with Crippen molar-refractivity contribution in [3.05, 3.63) is 111 Å². The first-order chi connectivity index (χ1) is 22.5. The molecule has 1 aromatic heterocycles. The van der Waals surface area contributed by atoms with Gasteiger partial charge in [-0.05, 0) is 60.9 Å². The highest BCUT2D eigenvalue weighted by atomic mass is 32.2. The molecule has 1 aliphatic rings. The Bertz CT molecular complexity index is 1860. The lowest BCUT2D eigenvalue weighted by molar-refractivity contribution is -0.115. The number of esters is 1. The third kappa shape index (κ3) is 7.88. The van der Waals surface area contributed by atoms with Gasteiger partial charge in [0.1, 0.15) is 5.00 Å². The lowest BCUT2D eigenvalue weighted by Gasteiger charge is -2.27. The Balaban J connectivity index is 1.27. The average Bonchev–Trinajstić information content (AvgIpc) is 3.41. The van der Waals surface area contributed by atoms with Crippen molar-refractivity contribution >= 4 is 63.5 Å². The number of hydrogen-bond acceptors (Lipinski definition) is 9. The number of aromatic carboxylic acids is 2. The number of methoxy groups -OCH3 is 1. The van der Waals surface area contributed by atoms with Crippen LogP contribution in [0.2, 0.25) is 0 Å². The molecule has 0 saturated carbocycles. The molecule has 0 spiro atoms. The molecule has 3 aromatic carbocycles. The van der Waals surface area contributed by atoms with E-state index in [1.807, 2.05) is 18.2 Å². The van der Waals surface area contributed by atoms with E-state index in [1.165, 1.54) is 35.8 Å². The number of nitrogens with one attached hydrogen (secondary N) is 2. The molecule has 0 radical (unpaired) electrons. The smallest absolute Gasteiger partial charge is 0.341 e. The molecular formula is C34H31N3O8S2. The number of carboxylic acid groups (broad SMARTS) is 2. The fourth-order valence-electron chi connectivity index (χ4n) is 5.21. The molecule has 5 rings (SSSR count). The number of nitrogens with zero attached hydrogens (tertiary/aromatic N) is 1. The van der Waals surface area contributed by atoms with Crippen molar-refractivity contribution in [2.45, 2.75) is 36.6 Å². The van der Waals surface area contributed by atoms with Crippen LogP contribution in [0.4, 0.5) is 10.7 Å². The first kappa shape index (κ1) is 33.4. The van der Waals surface area contributed by atoms with Gasteiger partial charge in [0, 0.05) is 35.1 Å². The largest absolute Gasteiger partial charge is 0.478 e. The molecule has 47 heavy (non-hydrogen) atoms. The highest BCUT2D eigenvalue weighted by Gasteiger charge is 2.30. The first-order valence-electron chi connectivity index (χ1n) is 14.5. The number of thioether (sulfide) groups is 1. The van der Waals surface area contributed by atoms with Gasteiger partial charge in [-0.1, -0.05) is 36.4 Å². The van der Waals surface area contributed by atoms with Gasteiger partial charge in [0.2, 0.25) is 5.91 Å². The van der Waals surface area contributed by atoms with Crippen molar-refractivity contribution < 1.29 is 38.9 Å². The van der Waals surface area contributed by atoms with Gasteiger partial charge in [-0.3, -0.25) is 14.5 Å². The van der Waals surface area contributed by atoms with Crippen LogP contribution in [0.1, 0.15) is 64.4 Å². The summed E-state index contributed by atoms with van der Waals surface area (Å²) in [6.07, 6.45) is 0.652. The molecule has 0 aliphatic carbocycles. The van der Waals surface area contributed by atoms with Crippen molar-refractivity contribution in [3.63, 3.8) is 0 Å². The van der Waals surface area contributed by atoms with Crippen molar-refractivity contribution in [3.8, 4) is 0 Å². The lowest BCUT2D eigenvalue weighted by atomic mass is 10.0. The Morgan fingerprint density at radius 2 is 1.70 bits per heavy atom. The molecule has 1 aliphatic heterocycles. The molecule has 1 unspecified atom stereocenters. The number of ether oxygens (including phenoxy) is 1. The summed E-state index contributed by atoms with van der Waals surface area (Å²) in [6, 6.07) is 20.1. The monoisotopic (exact) mass is 673 g/mol. The fraction of sp³-hybridized carbons (Fsp3) is 0.206. The van der Waals surface area contributed by atoms with E-state index >= 15 is 0 Å². The average molecular weight is 674 g/mol. The highest BCUT2D eigenvalue weighted by Crippen LogP contribution is 2.38. The van der Waals surface area contributed by atoms with E-state index in [4.69, 9.17) is 4.74 Å². The van der Waals surface area contributed by atoms with Crippen molar-refractivity contribution in [1.29, 1.82) is 0 Å². The molecule has 0 bridgehead atoms. The van der Waals surface area contributed by atoms with Crippen LogP contribution in [0.3, 0.4) is 0 Å². The zero-order valence-corrected chi connectivity index (χ0v) is 27.1. The second-order valence-electron chi connectivity index (χ2n) is 10.7. The van der Waals surface area contributed by atoms with Crippen LogP contribution in [0.25, 0.3) is 0 Å². The van der Waals surface area contributed by atoms with Crippen LogP contribution in [-0.2, 0) is 29.0 Å². The summed E-state index contributed by atoms with van der Waals surface area (Å²) >= 11 is 2.61. The van der Waals surface area contributed by atoms with Gasteiger partial charge in [-0.25, -0.2) is 14.4 Å². The third-order valence-electron chi connectivity index (χ3n) is 7.53. The number of carboxylic acids is 2. The van der Waals surface area contributed by atoms with Gasteiger partial charge in [-0.2, -0.15) is 0 Å². The Labute approximate surface area is 278 Å². The molecule has 0 saturated heterocycles. The van der Waals surface area contributed by atoms with Crippen LogP contribution < -0.4 is 10.6 Å². The Kier molecular flexibility index (Phi) is 10.4. The Morgan fingerprint density at radius 3 is 2.40 bits per heavy atom. The summed E-state index contributed by atoms with van der Waals surface area (Å²) in [6.45, 7) is 3.91. The topological polar surface area (TPSA) is 162 Å². The van der Waals surface area contributed by atoms with E-state index in [1.54, 1.807) is 31.2 Å². The van der Waals surface area contributed by atoms with E-state index in [0.717, 1.165) is 41.7 Å². The van der Waals surface area contributed by atoms with Crippen molar-refractivity contribution in [2.24, 2.45) is 0 Å². The van der Waals surface area contributed by atoms with Crippen LogP contribution in [-0.4, -0.2) is 63.7 Å². The molecule has 4 N–H and O–H groups in total. The minimum absolute atomic E-state index is 0.198. The van der Waals surface area contributed by atoms with Crippen LogP contribution in [0.5, 0.6) is 0 Å². The quantitative estimate of drug-likeness (QED) is 0.112. The van der Waals surface area contributed by atoms with E-state index in [-0.39, 0.29) is 17.0 Å². The van der Waals surface area contributed by atoms with Gasteiger partial charge in [0.15, 0.2) is 0 Å². The third-order valence-corrected chi connectivity index (χ3v) is 9.75. The van der Waals surface area contributed by atoms with E-state index in [0.29, 0.717) is 34.1 Å². The van der Waals surface area contributed by atoms with Crippen molar-refractivity contribution in [1.82, 2.24) is 4.90 Å². The van der Waals surface area contributed by atoms with Gasteiger partial charge in [0.05, 0.1) is 34.6 Å². The minimum Gasteiger partial charge on any atom is -0.478 e. The second kappa shape index (κ2) is 14.6. The predicted molar refractivity (Wildman–Crippen MR) is 179 cm³/mol. The van der Waals surface area contributed by atoms with Gasteiger partial charge in [-0.15, -0.1) is 23.1 Å². The maximum Gasteiger partial charge on any atom is 0.341 e. The van der Waals surface area contributed by atoms with Crippen LogP contribution in [0, 0.1) is 0 Å². The minimum atomic E-state index is -1.44. The molecule has 4 aromatic rings. The van der Waals surface area contributed by atoms with Crippen molar-refractivity contribution in [2.75, 3.05) is 24.3 Å². The number of amides is 2. The predicted octanol–water partition coefficient (Wildman–Crippen LogP) is 5.86. The normalized spacial score (nSPS) is 13.2. The SMILES string of the molecule is COC(=O)c1c(NC(=O)C(C)Sc2cccc(NC(=O)c3ccc(C(=O)O)cc3C(=O)O)c2)sc2c1CCN(Cc1ccccc1)C2. The molecule has 2 amide bonds. The number of thiophene rings is 1. The molecule has 0 fully saturated rings. The van der Waals surface area contributed by atoms with Gasteiger partial charge >= 0.3 is 17.9 Å². The zero-order valence-electron chi connectivity index (χ0n) is 25.4. The molecular weight excluding hydrogens is 643 g/mol. The lowest BCUT2D eigenvalue weighted by Crippen LogP contribution is -2.29. The zero-order chi connectivity index (χ0) is 33.7. The van der Waals surface area contributed by atoms with E-state index in [9.17, 15) is 34.2 Å². The molecule has 13 heteroatoms. The number of fused-ring (bicyclic) bond motifs is 1. The summed E-state index contributed by atoms with van der Waals surface area (Å²) < 4.78 is 5.08. The number of hydrogen-bond donors (Lipinski definition) is 4. The number of rotatable bonds is 11. The van der Waals surface area contributed by atoms with Crippen LogP contribution >= 0.6 is 23.1 Å². The number of carbonyl (C=O) groups is 5. The van der Waals surface area contributed by atoms with E-state index in [2.05, 4.69) is 27.7 Å². The number of anilines is 2. The molecule has 2 heterocycles. The summed E-state index contributed by atoms with van der Waals surface area (Å²) in [7, 11) is 1.32. The molecule has 1 atom stereocenters. The Hall–Kier alpha value is -4.98. The molecule has 11 nitrogen and oxygen atoms in total. The summed E-state index contributed by atoms with van der Waals surface area (Å²) in [5, 5.41) is 24.1. The Morgan fingerprint density at radius 1 is 0.936 bits per heavy atom. The first-order valence-corrected chi connectivity index (χ1v) is 16.2. The second-order valence-corrected chi connectivity index (χ2v) is 13.3. The van der Waals surface area contributed by atoms with Gasteiger partial charge < -0.3 is 25.6 Å². The maximum absolute atomic E-state index is 13.4. The summed E-state index contributed by atoms with van der Waals surface area (Å²) in [4.78, 5) is 66.1. The van der Waals surface area contributed by atoms with E-state index < -0.39 is 34.6 Å². The highest BCUT2D eigenvalue weighted by molar-refractivity contribution is 8.00. The molecule has 242 valence electrons. The van der Waals surface area contributed by atoms with Crippen LogP contribution in [0.15, 0.2) is 77.7 Å². The van der Waals surface area contributed by atoms with Gasteiger partial charge in [0.25, 0.3) is 5.91 Å². The number of benzene rings is 3. The fourth-order valence-corrected chi connectivity index (χ4v) is 7.42. The summed E-state index contributed by atoms with van der Waals surface area (Å²) in [5.41, 5.74) is 1.94. The standard InChI is InChI=1S/C34H31N3O8S2/c1-19(46-23-10-6-9-22(16-23)35-30(39)24-12-11-21(32(40)41)15-26(24)33(42)43)29(38)36-31-28(34(44)45-2)25-13-14-37(18-27(25)47-31)17-20-7-4-3-5-8-20/h3-12,15-16,19H,13-14,17-18H2,1-2H3,(H,35,39)(H,36,38)(H,40,41)(H,42,43). The maximum atomic E-state index is 13.4. The summed E-state index contributed by atoms with van der Waals surface area (Å²) in [5.74, 6) is -4.30. The number of carbonyl (C=O) groups excluding carboxylic acids is 3.